The number of pyridine rings is 1. The average molecular weight is 226 g/mol. The van der Waals surface area contributed by atoms with Crippen molar-refractivity contribution in [2.75, 3.05) is 0 Å². The lowest BCUT2D eigenvalue weighted by Crippen LogP contribution is -2.15. The molecule has 88 valence electrons. The summed E-state index contributed by atoms with van der Waals surface area (Å²) >= 11 is 0. The molecule has 0 radical (unpaired) electrons. The summed E-state index contributed by atoms with van der Waals surface area (Å²) in [5, 5.41) is 0. The second-order valence-corrected chi connectivity index (χ2v) is 4.50. The van der Waals surface area contributed by atoms with E-state index in [1.54, 1.807) is 0 Å². The van der Waals surface area contributed by atoms with Crippen LogP contribution in [-0.2, 0) is 6.42 Å². The number of benzene rings is 1. The van der Waals surface area contributed by atoms with Crippen molar-refractivity contribution in [3.8, 4) is 0 Å². The summed E-state index contributed by atoms with van der Waals surface area (Å²) in [6.07, 6.45) is 0.830. The monoisotopic (exact) mass is 226 g/mol. The quantitative estimate of drug-likeness (QED) is 0.874. The minimum absolute atomic E-state index is 0.0300. The molecule has 2 rings (SSSR count). The van der Waals surface area contributed by atoms with E-state index in [0.717, 1.165) is 17.8 Å². The normalized spacial score (nSPS) is 12.4. The van der Waals surface area contributed by atoms with E-state index < -0.39 is 0 Å². The smallest absolute Gasteiger partial charge is 0.0577 e. The van der Waals surface area contributed by atoms with E-state index in [2.05, 4.69) is 36.2 Å². The third kappa shape index (κ3) is 3.14. The second-order valence-electron chi connectivity index (χ2n) is 4.50. The van der Waals surface area contributed by atoms with Crippen LogP contribution < -0.4 is 5.73 Å². The van der Waals surface area contributed by atoms with Gasteiger partial charge in [0.05, 0.1) is 11.7 Å². The van der Waals surface area contributed by atoms with E-state index in [0.29, 0.717) is 0 Å². The second kappa shape index (κ2) is 5.11. The molecule has 0 fully saturated rings. The first-order chi connectivity index (χ1) is 8.15. The van der Waals surface area contributed by atoms with E-state index in [9.17, 15) is 0 Å². The molecule has 2 aromatic rings. The molecule has 0 aliphatic heterocycles. The average Bonchev–Trinajstić information content (AvgIpc) is 2.32. The Morgan fingerprint density at radius 1 is 1.06 bits per heavy atom. The molecule has 1 aromatic heterocycles. The van der Waals surface area contributed by atoms with E-state index in [1.165, 1.54) is 11.1 Å². The lowest BCUT2D eigenvalue weighted by Gasteiger charge is -2.11. The highest BCUT2D eigenvalue weighted by Crippen LogP contribution is 2.15. The highest BCUT2D eigenvalue weighted by molar-refractivity contribution is 5.24. The van der Waals surface area contributed by atoms with Gasteiger partial charge in [0.1, 0.15) is 0 Å². The van der Waals surface area contributed by atoms with Gasteiger partial charge in [0.2, 0.25) is 0 Å². The van der Waals surface area contributed by atoms with Gasteiger partial charge in [-0.2, -0.15) is 0 Å². The molecule has 0 saturated carbocycles. The highest BCUT2D eigenvalue weighted by atomic mass is 14.8. The van der Waals surface area contributed by atoms with Crippen LogP contribution in [0.3, 0.4) is 0 Å². The fraction of sp³-hybridized carbons (Fsp3) is 0.267. The Hall–Kier alpha value is -1.67. The number of hydrogen-bond acceptors (Lipinski definition) is 2. The van der Waals surface area contributed by atoms with Crippen LogP contribution in [0.15, 0.2) is 42.5 Å². The zero-order chi connectivity index (χ0) is 12.3. The van der Waals surface area contributed by atoms with Crippen LogP contribution in [0.1, 0.15) is 28.6 Å². The molecule has 0 amide bonds. The van der Waals surface area contributed by atoms with Crippen molar-refractivity contribution >= 4 is 0 Å². The molecule has 1 aromatic carbocycles. The number of aryl methyl sites for hydroxylation is 2. The van der Waals surface area contributed by atoms with Gasteiger partial charge in [-0.05, 0) is 38.0 Å². The van der Waals surface area contributed by atoms with E-state index in [1.807, 2.05) is 25.1 Å². The maximum Gasteiger partial charge on any atom is 0.0577 e. The largest absolute Gasteiger partial charge is 0.322 e. The molecule has 1 atom stereocenters. The number of hydrogen-bond donors (Lipinski definition) is 1. The molecule has 0 saturated heterocycles. The SMILES string of the molecule is Cc1ccc(CC(N)c2cccc(C)n2)cc1. The lowest BCUT2D eigenvalue weighted by atomic mass is 10.0. The van der Waals surface area contributed by atoms with Crippen molar-refractivity contribution in [2.24, 2.45) is 5.73 Å². The van der Waals surface area contributed by atoms with E-state index in [-0.39, 0.29) is 6.04 Å². The van der Waals surface area contributed by atoms with Gasteiger partial charge in [0.15, 0.2) is 0 Å². The third-order valence-electron chi connectivity index (χ3n) is 2.87. The van der Waals surface area contributed by atoms with Gasteiger partial charge in [0.25, 0.3) is 0 Å². The Balaban J connectivity index is 2.11. The van der Waals surface area contributed by atoms with Crippen molar-refractivity contribution < 1.29 is 0 Å². The summed E-state index contributed by atoms with van der Waals surface area (Å²) < 4.78 is 0. The van der Waals surface area contributed by atoms with Gasteiger partial charge in [-0.15, -0.1) is 0 Å². The Morgan fingerprint density at radius 2 is 1.76 bits per heavy atom. The number of nitrogens with zero attached hydrogens (tertiary/aromatic N) is 1. The van der Waals surface area contributed by atoms with Crippen molar-refractivity contribution in [2.45, 2.75) is 26.3 Å². The molecular weight excluding hydrogens is 208 g/mol. The number of nitrogens with two attached hydrogens (primary N) is 1. The Bertz CT molecular complexity index is 489. The number of aromatic nitrogens is 1. The van der Waals surface area contributed by atoms with Gasteiger partial charge in [-0.25, -0.2) is 0 Å². The first-order valence-electron chi connectivity index (χ1n) is 5.90. The first kappa shape index (κ1) is 11.8. The summed E-state index contributed by atoms with van der Waals surface area (Å²) in [4.78, 5) is 4.46. The zero-order valence-corrected chi connectivity index (χ0v) is 10.4. The van der Waals surface area contributed by atoms with Crippen LogP contribution in [0.2, 0.25) is 0 Å². The van der Waals surface area contributed by atoms with Crippen LogP contribution in [0.25, 0.3) is 0 Å². The van der Waals surface area contributed by atoms with E-state index in [4.69, 9.17) is 5.73 Å². The van der Waals surface area contributed by atoms with Crippen LogP contribution in [0.5, 0.6) is 0 Å². The summed E-state index contributed by atoms with van der Waals surface area (Å²) in [5.74, 6) is 0. The molecule has 0 aliphatic rings. The van der Waals surface area contributed by atoms with Crippen molar-refractivity contribution in [1.29, 1.82) is 0 Å². The maximum absolute atomic E-state index is 6.17. The molecule has 2 heteroatoms. The summed E-state index contributed by atoms with van der Waals surface area (Å²) in [6, 6.07) is 14.5. The Kier molecular flexibility index (Phi) is 3.55. The third-order valence-corrected chi connectivity index (χ3v) is 2.87. The summed E-state index contributed by atoms with van der Waals surface area (Å²) in [5.41, 5.74) is 10.7. The summed E-state index contributed by atoms with van der Waals surface area (Å²) in [7, 11) is 0. The van der Waals surface area contributed by atoms with Crippen molar-refractivity contribution in [3.05, 3.63) is 65.0 Å². The highest BCUT2D eigenvalue weighted by Gasteiger charge is 2.08. The zero-order valence-electron chi connectivity index (χ0n) is 10.4. The van der Waals surface area contributed by atoms with Gasteiger partial charge >= 0.3 is 0 Å². The maximum atomic E-state index is 6.17. The van der Waals surface area contributed by atoms with E-state index >= 15 is 0 Å². The molecule has 17 heavy (non-hydrogen) atoms. The summed E-state index contributed by atoms with van der Waals surface area (Å²) in [6.45, 7) is 4.08. The van der Waals surface area contributed by atoms with Crippen LogP contribution in [-0.4, -0.2) is 4.98 Å². The topological polar surface area (TPSA) is 38.9 Å². The van der Waals surface area contributed by atoms with Crippen molar-refractivity contribution in [3.63, 3.8) is 0 Å². The van der Waals surface area contributed by atoms with Crippen LogP contribution in [0, 0.1) is 13.8 Å². The fourth-order valence-corrected chi connectivity index (χ4v) is 1.85. The number of rotatable bonds is 3. The lowest BCUT2D eigenvalue weighted by molar-refractivity contribution is 0.693. The van der Waals surface area contributed by atoms with Gasteiger partial charge in [-0.3, -0.25) is 4.98 Å². The van der Waals surface area contributed by atoms with Gasteiger partial charge < -0.3 is 5.73 Å². The Morgan fingerprint density at radius 3 is 2.41 bits per heavy atom. The molecule has 0 spiro atoms. The first-order valence-corrected chi connectivity index (χ1v) is 5.90. The predicted molar refractivity (Wildman–Crippen MR) is 70.8 cm³/mol. The van der Waals surface area contributed by atoms with Gasteiger partial charge in [0, 0.05) is 5.69 Å². The van der Waals surface area contributed by atoms with Crippen LogP contribution >= 0.6 is 0 Å². The van der Waals surface area contributed by atoms with Gasteiger partial charge in [-0.1, -0.05) is 35.9 Å². The standard InChI is InChI=1S/C15H18N2/c1-11-6-8-13(9-7-11)10-14(16)15-5-3-4-12(2)17-15/h3-9,14H,10,16H2,1-2H3. The molecule has 2 N–H and O–H groups in total. The minimum atomic E-state index is -0.0300. The molecule has 1 unspecified atom stereocenters. The molecule has 1 heterocycles. The minimum Gasteiger partial charge on any atom is -0.322 e. The molecule has 2 nitrogen and oxygen atoms in total. The van der Waals surface area contributed by atoms with Crippen molar-refractivity contribution in [1.82, 2.24) is 4.98 Å². The molecule has 0 bridgehead atoms. The predicted octanol–water partition coefficient (Wildman–Crippen LogP) is 2.94. The Labute approximate surface area is 103 Å². The molecular formula is C15H18N2. The van der Waals surface area contributed by atoms with Crippen LogP contribution in [0.4, 0.5) is 0 Å². The molecule has 0 aliphatic carbocycles. The fourth-order valence-electron chi connectivity index (χ4n) is 1.85.